The van der Waals surface area contributed by atoms with Crippen LogP contribution in [0.15, 0.2) is 12.3 Å². The highest BCUT2D eigenvalue weighted by Gasteiger charge is 2.18. The van der Waals surface area contributed by atoms with Crippen molar-refractivity contribution in [1.29, 1.82) is 0 Å². The van der Waals surface area contributed by atoms with Crippen LogP contribution in [0.25, 0.3) is 11.2 Å². The van der Waals surface area contributed by atoms with Gasteiger partial charge < -0.3 is 10.3 Å². The number of fused-ring (bicyclic) bond motifs is 1. The van der Waals surface area contributed by atoms with Gasteiger partial charge in [0, 0.05) is 24.2 Å². The molecule has 5 heteroatoms. The SMILES string of the molecule is Cc1cnc2nc(C3CSCCN3)[nH]c2c1. The lowest BCUT2D eigenvalue weighted by Crippen LogP contribution is -2.30. The fourth-order valence-corrected chi connectivity index (χ4v) is 2.87. The van der Waals surface area contributed by atoms with Crippen LogP contribution in [0.1, 0.15) is 17.4 Å². The molecule has 0 aromatic carbocycles. The first kappa shape index (κ1) is 10.1. The van der Waals surface area contributed by atoms with Gasteiger partial charge in [-0.15, -0.1) is 0 Å². The summed E-state index contributed by atoms with van der Waals surface area (Å²) < 4.78 is 0. The summed E-state index contributed by atoms with van der Waals surface area (Å²) in [6.45, 7) is 3.10. The van der Waals surface area contributed by atoms with Crippen molar-refractivity contribution < 1.29 is 0 Å². The molecule has 2 aromatic rings. The van der Waals surface area contributed by atoms with Crippen LogP contribution in [0.4, 0.5) is 0 Å². The van der Waals surface area contributed by atoms with E-state index in [1.807, 2.05) is 24.9 Å². The second-order valence-electron chi connectivity index (χ2n) is 4.09. The van der Waals surface area contributed by atoms with Crippen molar-refractivity contribution in [3.63, 3.8) is 0 Å². The first-order valence-corrected chi connectivity index (χ1v) is 6.62. The van der Waals surface area contributed by atoms with E-state index < -0.39 is 0 Å². The Labute approximate surface area is 98.3 Å². The fourth-order valence-electron chi connectivity index (χ4n) is 1.93. The molecule has 1 fully saturated rings. The highest BCUT2D eigenvalue weighted by Crippen LogP contribution is 2.21. The Kier molecular flexibility index (Phi) is 2.57. The Morgan fingerprint density at radius 3 is 3.25 bits per heavy atom. The number of aromatic nitrogens is 3. The third kappa shape index (κ3) is 1.81. The van der Waals surface area contributed by atoms with E-state index in [4.69, 9.17) is 0 Å². The zero-order valence-electron chi connectivity index (χ0n) is 9.16. The van der Waals surface area contributed by atoms with Gasteiger partial charge in [-0.1, -0.05) is 0 Å². The minimum atomic E-state index is 0.341. The molecular weight excluding hydrogens is 220 g/mol. The monoisotopic (exact) mass is 234 g/mol. The predicted octanol–water partition coefficient (Wildman–Crippen LogP) is 1.64. The highest BCUT2D eigenvalue weighted by molar-refractivity contribution is 7.99. The summed E-state index contributed by atoms with van der Waals surface area (Å²) >= 11 is 1.97. The van der Waals surface area contributed by atoms with E-state index in [2.05, 4.69) is 26.3 Å². The quantitative estimate of drug-likeness (QED) is 0.787. The normalized spacial score (nSPS) is 21.4. The first-order valence-electron chi connectivity index (χ1n) is 5.46. The van der Waals surface area contributed by atoms with Gasteiger partial charge in [-0.2, -0.15) is 11.8 Å². The maximum absolute atomic E-state index is 4.54. The molecule has 0 radical (unpaired) electrons. The Bertz CT molecular complexity index is 502. The van der Waals surface area contributed by atoms with Gasteiger partial charge in [0.05, 0.1) is 11.6 Å². The Hall–Kier alpha value is -1.07. The third-order valence-corrected chi connectivity index (χ3v) is 3.81. The molecular formula is C11H14N4S. The van der Waals surface area contributed by atoms with Crippen molar-refractivity contribution in [2.24, 2.45) is 0 Å². The molecule has 0 saturated carbocycles. The van der Waals surface area contributed by atoms with Gasteiger partial charge >= 0.3 is 0 Å². The fraction of sp³-hybridized carbons (Fsp3) is 0.455. The van der Waals surface area contributed by atoms with Crippen LogP contribution < -0.4 is 5.32 Å². The molecule has 2 N–H and O–H groups in total. The topological polar surface area (TPSA) is 53.6 Å². The Morgan fingerprint density at radius 1 is 1.50 bits per heavy atom. The van der Waals surface area contributed by atoms with Gasteiger partial charge in [0.25, 0.3) is 0 Å². The highest BCUT2D eigenvalue weighted by atomic mass is 32.2. The first-order chi connectivity index (χ1) is 7.83. The average Bonchev–Trinajstić information content (AvgIpc) is 2.73. The van der Waals surface area contributed by atoms with E-state index in [9.17, 15) is 0 Å². The molecule has 0 aliphatic carbocycles. The molecule has 0 spiro atoms. The number of rotatable bonds is 1. The number of H-pyrrole nitrogens is 1. The van der Waals surface area contributed by atoms with E-state index in [1.165, 1.54) is 5.75 Å². The number of imidazole rings is 1. The number of aromatic amines is 1. The number of nitrogens with one attached hydrogen (secondary N) is 2. The van der Waals surface area contributed by atoms with Gasteiger partial charge in [-0.3, -0.25) is 0 Å². The second kappa shape index (κ2) is 4.07. The summed E-state index contributed by atoms with van der Waals surface area (Å²) in [6, 6.07) is 2.43. The van der Waals surface area contributed by atoms with E-state index >= 15 is 0 Å². The molecule has 1 saturated heterocycles. The summed E-state index contributed by atoms with van der Waals surface area (Å²) in [4.78, 5) is 12.2. The minimum absolute atomic E-state index is 0.341. The zero-order valence-corrected chi connectivity index (χ0v) is 9.97. The lowest BCUT2D eigenvalue weighted by Gasteiger charge is -2.20. The lowest BCUT2D eigenvalue weighted by molar-refractivity contribution is 0.570. The smallest absolute Gasteiger partial charge is 0.177 e. The third-order valence-electron chi connectivity index (χ3n) is 2.74. The van der Waals surface area contributed by atoms with Gasteiger partial charge in [0.1, 0.15) is 5.82 Å². The molecule has 1 aliphatic heterocycles. The molecule has 3 rings (SSSR count). The van der Waals surface area contributed by atoms with E-state index in [0.717, 1.165) is 34.8 Å². The molecule has 16 heavy (non-hydrogen) atoms. The molecule has 3 heterocycles. The van der Waals surface area contributed by atoms with Gasteiger partial charge in [0.2, 0.25) is 0 Å². The summed E-state index contributed by atoms with van der Waals surface area (Å²) in [5.41, 5.74) is 3.01. The number of hydrogen-bond acceptors (Lipinski definition) is 4. The van der Waals surface area contributed by atoms with Crippen molar-refractivity contribution in [3.05, 3.63) is 23.7 Å². The second-order valence-corrected chi connectivity index (χ2v) is 5.24. The number of nitrogens with zero attached hydrogens (tertiary/aromatic N) is 2. The molecule has 1 atom stereocenters. The van der Waals surface area contributed by atoms with Crippen LogP contribution in [-0.4, -0.2) is 33.0 Å². The maximum atomic E-state index is 4.54. The summed E-state index contributed by atoms with van der Waals surface area (Å²) in [5, 5.41) is 3.47. The molecule has 0 amide bonds. The van der Waals surface area contributed by atoms with Crippen molar-refractivity contribution >= 4 is 22.9 Å². The largest absolute Gasteiger partial charge is 0.339 e. The predicted molar refractivity (Wildman–Crippen MR) is 66.7 cm³/mol. The molecule has 84 valence electrons. The number of pyridine rings is 1. The zero-order chi connectivity index (χ0) is 11.0. The van der Waals surface area contributed by atoms with Gasteiger partial charge in [-0.25, -0.2) is 9.97 Å². The van der Waals surface area contributed by atoms with Crippen LogP contribution in [0.2, 0.25) is 0 Å². The van der Waals surface area contributed by atoms with Crippen LogP contribution >= 0.6 is 11.8 Å². The summed E-state index contributed by atoms with van der Waals surface area (Å²) in [5.74, 6) is 3.28. The number of hydrogen-bond donors (Lipinski definition) is 2. The number of aryl methyl sites for hydroxylation is 1. The van der Waals surface area contributed by atoms with Gasteiger partial charge in [-0.05, 0) is 18.6 Å². The average molecular weight is 234 g/mol. The van der Waals surface area contributed by atoms with Crippen molar-refractivity contribution in [1.82, 2.24) is 20.3 Å². The van der Waals surface area contributed by atoms with Crippen LogP contribution in [0.5, 0.6) is 0 Å². The standard InChI is InChI=1S/C11H14N4S/c1-7-4-8-10(13-5-7)15-11(14-8)9-6-16-3-2-12-9/h4-5,9,12H,2-3,6H2,1H3,(H,13,14,15). The molecule has 0 bridgehead atoms. The van der Waals surface area contributed by atoms with Crippen molar-refractivity contribution in [3.8, 4) is 0 Å². The van der Waals surface area contributed by atoms with Crippen molar-refractivity contribution in [2.45, 2.75) is 13.0 Å². The molecule has 4 nitrogen and oxygen atoms in total. The minimum Gasteiger partial charge on any atom is -0.339 e. The summed E-state index contributed by atoms with van der Waals surface area (Å²) in [6.07, 6.45) is 1.86. The lowest BCUT2D eigenvalue weighted by atomic mass is 10.3. The van der Waals surface area contributed by atoms with Crippen LogP contribution in [0, 0.1) is 6.92 Å². The van der Waals surface area contributed by atoms with Crippen LogP contribution in [-0.2, 0) is 0 Å². The van der Waals surface area contributed by atoms with E-state index in [0.29, 0.717) is 6.04 Å². The molecule has 2 aromatic heterocycles. The van der Waals surface area contributed by atoms with Gasteiger partial charge in [0.15, 0.2) is 5.65 Å². The Balaban J connectivity index is 1.97. The van der Waals surface area contributed by atoms with Crippen molar-refractivity contribution in [2.75, 3.05) is 18.1 Å². The molecule has 1 aliphatic rings. The maximum Gasteiger partial charge on any atom is 0.177 e. The van der Waals surface area contributed by atoms with E-state index in [-0.39, 0.29) is 0 Å². The summed E-state index contributed by atoms with van der Waals surface area (Å²) in [7, 11) is 0. The number of thioether (sulfide) groups is 1. The van der Waals surface area contributed by atoms with Crippen LogP contribution in [0.3, 0.4) is 0 Å². The Morgan fingerprint density at radius 2 is 2.44 bits per heavy atom. The van der Waals surface area contributed by atoms with E-state index in [1.54, 1.807) is 0 Å². The molecule has 1 unspecified atom stereocenters.